The fourth-order valence-electron chi connectivity index (χ4n) is 1.62. The molecular weight excluding hydrogens is 210 g/mol. The standard InChI is InChI=1S/C11H13NO4/c1-8-5-6-15-11(16-8)9-3-2-4-10(7-9)12(13)14/h2-4,7-8,11H,5-6H2,1H3/t8-,11+/m1/s1. The molecule has 0 aliphatic carbocycles. The molecule has 0 N–H and O–H groups in total. The molecule has 2 rings (SSSR count). The van der Waals surface area contributed by atoms with Gasteiger partial charge in [-0.3, -0.25) is 10.1 Å². The summed E-state index contributed by atoms with van der Waals surface area (Å²) >= 11 is 0. The van der Waals surface area contributed by atoms with Gasteiger partial charge in [0, 0.05) is 17.7 Å². The summed E-state index contributed by atoms with van der Waals surface area (Å²) in [5.74, 6) is 0. The molecular formula is C11H13NO4. The summed E-state index contributed by atoms with van der Waals surface area (Å²) in [5.41, 5.74) is 0.753. The van der Waals surface area contributed by atoms with E-state index < -0.39 is 11.2 Å². The Balaban J connectivity index is 2.19. The Labute approximate surface area is 93.1 Å². The van der Waals surface area contributed by atoms with Gasteiger partial charge in [0.2, 0.25) is 0 Å². The Morgan fingerprint density at radius 3 is 3.00 bits per heavy atom. The SMILES string of the molecule is C[C@@H]1CCO[C@H](c2cccc([N+](=O)[O-])c2)O1. The number of non-ortho nitro benzene ring substituents is 1. The van der Waals surface area contributed by atoms with Crippen LogP contribution in [0.15, 0.2) is 24.3 Å². The lowest BCUT2D eigenvalue weighted by Gasteiger charge is -2.28. The van der Waals surface area contributed by atoms with Crippen molar-refractivity contribution in [3.63, 3.8) is 0 Å². The van der Waals surface area contributed by atoms with Crippen LogP contribution in [0.1, 0.15) is 25.2 Å². The van der Waals surface area contributed by atoms with Crippen LogP contribution in [0, 0.1) is 10.1 Å². The topological polar surface area (TPSA) is 61.6 Å². The first-order valence-corrected chi connectivity index (χ1v) is 5.18. The molecule has 0 spiro atoms. The van der Waals surface area contributed by atoms with Crippen molar-refractivity contribution in [1.29, 1.82) is 0 Å². The third kappa shape index (κ3) is 2.37. The molecule has 1 saturated heterocycles. The van der Waals surface area contributed by atoms with Crippen molar-refractivity contribution in [2.75, 3.05) is 6.61 Å². The highest BCUT2D eigenvalue weighted by atomic mass is 16.7. The minimum atomic E-state index is -0.483. The second kappa shape index (κ2) is 4.59. The maximum atomic E-state index is 10.6. The lowest BCUT2D eigenvalue weighted by atomic mass is 10.1. The highest BCUT2D eigenvalue weighted by Crippen LogP contribution is 2.28. The molecule has 0 saturated carbocycles. The van der Waals surface area contributed by atoms with Crippen molar-refractivity contribution >= 4 is 5.69 Å². The zero-order valence-electron chi connectivity index (χ0n) is 8.96. The van der Waals surface area contributed by atoms with E-state index in [0.717, 1.165) is 6.42 Å². The monoisotopic (exact) mass is 223 g/mol. The number of hydrogen-bond donors (Lipinski definition) is 0. The smallest absolute Gasteiger partial charge is 0.269 e. The molecule has 1 aliphatic rings. The molecule has 86 valence electrons. The van der Waals surface area contributed by atoms with E-state index in [-0.39, 0.29) is 11.8 Å². The van der Waals surface area contributed by atoms with Crippen molar-refractivity contribution < 1.29 is 14.4 Å². The molecule has 0 amide bonds. The van der Waals surface area contributed by atoms with Crippen molar-refractivity contribution in [1.82, 2.24) is 0 Å². The summed E-state index contributed by atoms with van der Waals surface area (Å²) < 4.78 is 11.0. The van der Waals surface area contributed by atoms with Gasteiger partial charge in [0.1, 0.15) is 0 Å². The van der Waals surface area contributed by atoms with Crippen molar-refractivity contribution in [2.45, 2.75) is 25.7 Å². The Morgan fingerprint density at radius 2 is 2.31 bits per heavy atom. The number of nitrogens with zero attached hydrogens (tertiary/aromatic N) is 1. The van der Waals surface area contributed by atoms with Crippen LogP contribution in [-0.2, 0) is 9.47 Å². The summed E-state index contributed by atoms with van der Waals surface area (Å²) in [6, 6.07) is 6.35. The first kappa shape index (κ1) is 11.0. The number of benzene rings is 1. The molecule has 1 aromatic rings. The van der Waals surface area contributed by atoms with E-state index >= 15 is 0 Å². The molecule has 1 aromatic carbocycles. The second-order valence-corrected chi connectivity index (χ2v) is 3.79. The summed E-state index contributed by atoms with van der Waals surface area (Å²) in [7, 11) is 0. The third-order valence-electron chi connectivity index (χ3n) is 2.50. The first-order valence-electron chi connectivity index (χ1n) is 5.18. The van der Waals surface area contributed by atoms with Crippen LogP contribution < -0.4 is 0 Å². The highest BCUT2D eigenvalue weighted by molar-refractivity contribution is 5.34. The third-order valence-corrected chi connectivity index (χ3v) is 2.50. The molecule has 5 nitrogen and oxygen atoms in total. The minimum absolute atomic E-state index is 0.0583. The number of hydrogen-bond acceptors (Lipinski definition) is 4. The molecule has 0 radical (unpaired) electrons. The largest absolute Gasteiger partial charge is 0.348 e. The molecule has 1 heterocycles. The summed E-state index contributed by atoms with van der Waals surface area (Å²) in [6.45, 7) is 2.58. The van der Waals surface area contributed by atoms with Gasteiger partial charge in [-0.25, -0.2) is 0 Å². The Bertz CT molecular complexity index is 393. The van der Waals surface area contributed by atoms with Gasteiger partial charge in [-0.05, 0) is 13.3 Å². The fourth-order valence-corrected chi connectivity index (χ4v) is 1.62. The van der Waals surface area contributed by atoms with Crippen LogP contribution in [0.2, 0.25) is 0 Å². The van der Waals surface area contributed by atoms with Gasteiger partial charge in [-0.1, -0.05) is 12.1 Å². The van der Waals surface area contributed by atoms with Crippen LogP contribution in [0.3, 0.4) is 0 Å². The predicted molar refractivity (Wildman–Crippen MR) is 57.0 cm³/mol. The van der Waals surface area contributed by atoms with E-state index in [1.54, 1.807) is 12.1 Å². The molecule has 2 atom stereocenters. The molecule has 16 heavy (non-hydrogen) atoms. The van der Waals surface area contributed by atoms with E-state index in [1.165, 1.54) is 12.1 Å². The Kier molecular flexibility index (Phi) is 3.17. The molecule has 1 aliphatic heterocycles. The van der Waals surface area contributed by atoms with Gasteiger partial charge in [0.15, 0.2) is 6.29 Å². The Morgan fingerprint density at radius 1 is 1.50 bits per heavy atom. The van der Waals surface area contributed by atoms with Gasteiger partial charge < -0.3 is 9.47 Å². The average molecular weight is 223 g/mol. The zero-order chi connectivity index (χ0) is 11.5. The fraction of sp³-hybridized carbons (Fsp3) is 0.455. The number of nitro groups is 1. The van der Waals surface area contributed by atoms with Crippen LogP contribution in [0.5, 0.6) is 0 Å². The van der Waals surface area contributed by atoms with Crippen molar-refractivity contribution in [2.24, 2.45) is 0 Å². The molecule has 0 aromatic heterocycles. The van der Waals surface area contributed by atoms with E-state index in [9.17, 15) is 10.1 Å². The highest BCUT2D eigenvalue weighted by Gasteiger charge is 2.22. The minimum Gasteiger partial charge on any atom is -0.348 e. The summed E-state index contributed by atoms with van der Waals surface area (Å²) in [5, 5.41) is 10.6. The molecule has 0 bridgehead atoms. The van der Waals surface area contributed by atoms with Gasteiger partial charge in [-0.15, -0.1) is 0 Å². The molecule has 5 heteroatoms. The predicted octanol–water partition coefficient (Wildman–Crippen LogP) is 2.42. The Hall–Kier alpha value is -1.46. The average Bonchev–Trinajstić information content (AvgIpc) is 2.29. The van der Waals surface area contributed by atoms with E-state index in [2.05, 4.69) is 0 Å². The van der Waals surface area contributed by atoms with Crippen LogP contribution in [0.4, 0.5) is 5.69 Å². The van der Waals surface area contributed by atoms with Crippen molar-refractivity contribution in [3.05, 3.63) is 39.9 Å². The molecule has 1 fully saturated rings. The van der Waals surface area contributed by atoms with Crippen LogP contribution >= 0.6 is 0 Å². The summed E-state index contributed by atoms with van der Waals surface area (Å²) in [4.78, 5) is 10.2. The lowest BCUT2D eigenvalue weighted by molar-refractivity contribution is -0.385. The number of nitro benzene ring substituents is 1. The van der Waals surface area contributed by atoms with Gasteiger partial charge in [0.25, 0.3) is 5.69 Å². The van der Waals surface area contributed by atoms with Crippen molar-refractivity contribution in [3.8, 4) is 0 Å². The lowest BCUT2D eigenvalue weighted by Crippen LogP contribution is -2.24. The van der Waals surface area contributed by atoms with Crippen LogP contribution in [-0.4, -0.2) is 17.6 Å². The maximum Gasteiger partial charge on any atom is 0.269 e. The van der Waals surface area contributed by atoms with E-state index in [0.29, 0.717) is 12.2 Å². The summed E-state index contributed by atoms with van der Waals surface area (Å²) in [6.07, 6.45) is 0.493. The van der Waals surface area contributed by atoms with Gasteiger partial charge in [-0.2, -0.15) is 0 Å². The molecule has 0 unspecified atom stereocenters. The zero-order valence-corrected chi connectivity index (χ0v) is 8.96. The van der Waals surface area contributed by atoms with Crippen LogP contribution in [0.25, 0.3) is 0 Å². The van der Waals surface area contributed by atoms with Gasteiger partial charge in [0.05, 0.1) is 17.6 Å². The maximum absolute atomic E-state index is 10.6. The quantitative estimate of drug-likeness (QED) is 0.570. The normalized spacial score (nSPS) is 25.3. The second-order valence-electron chi connectivity index (χ2n) is 3.79. The number of ether oxygens (including phenoxy) is 2. The number of rotatable bonds is 2. The van der Waals surface area contributed by atoms with E-state index in [1.807, 2.05) is 6.92 Å². The van der Waals surface area contributed by atoms with E-state index in [4.69, 9.17) is 9.47 Å². The first-order chi connectivity index (χ1) is 7.66. The van der Waals surface area contributed by atoms with Gasteiger partial charge >= 0.3 is 0 Å².